The van der Waals surface area contributed by atoms with E-state index in [2.05, 4.69) is 10.3 Å². The highest BCUT2D eigenvalue weighted by atomic mass is 32.2. The second-order valence-electron chi connectivity index (χ2n) is 5.19. The summed E-state index contributed by atoms with van der Waals surface area (Å²) in [5, 5.41) is 24.1. The molecule has 0 atom stereocenters. The van der Waals surface area contributed by atoms with Crippen molar-refractivity contribution >= 4 is 34.5 Å². The molecular formula is C15H15N3O4S. The Morgan fingerprint density at radius 2 is 2.17 bits per heavy atom. The standard InChI is InChI=1S/C15H15N3O4S/c19-12-2-1-9(6-14(21)22)5-11(12)17-13(20)7-10-8-23-15-16-3-4-18(10)15/h1-2,5,8,19H,3-4,6-7H2,(H,17,20)(H,21,22). The highest BCUT2D eigenvalue weighted by molar-refractivity contribution is 8.16. The number of carbonyl (C=O) groups excluding carboxylic acids is 1. The SMILES string of the molecule is O=C(O)Cc1ccc(O)c(NC(=O)CC2=CSC3=NCCN23)c1. The molecule has 0 saturated carbocycles. The third kappa shape index (κ3) is 3.48. The Morgan fingerprint density at radius 1 is 1.35 bits per heavy atom. The summed E-state index contributed by atoms with van der Waals surface area (Å²) in [5.41, 5.74) is 1.61. The number of nitrogens with zero attached hydrogens (tertiary/aromatic N) is 2. The first kappa shape index (κ1) is 15.4. The maximum atomic E-state index is 12.2. The van der Waals surface area contributed by atoms with E-state index in [9.17, 15) is 14.7 Å². The molecule has 1 aromatic carbocycles. The number of aliphatic imine (C=N–C) groups is 1. The molecule has 23 heavy (non-hydrogen) atoms. The fourth-order valence-electron chi connectivity index (χ4n) is 2.44. The third-order valence-corrected chi connectivity index (χ3v) is 4.43. The molecule has 120 valence electrons. The van der Waals surface area contributed by atoms with Gasteiger partial charge in [0.05, 0.1) is 25.1 Å². The Bertz CT molecular complexity index is 729. The predicted octanol–water partition coefficient (Wildman–Crippen LogP) is 1.61. The third-order valence-electron chi connectivity index (χ3n) is 3.48. The summed E-state index contributed by atoms with van der Waals surface area (Å²) in [6.07, 6.45) is 0.00711. The number of nitrogens with one attached hydrogen (secondary N) is 1. The van der Waals surface area contributed by atoms with Crippen LogP contribution < -0.4 is 5.32 Å². The Morgan fingerprint density at radius 3 is 2.96 bits per heavy atom. The highest BCUT2D eigenvalue weighted by Crippen LogP contribution is 2.31. The van der Waals surface area contributed by atoms with Crippen molar-refractivity contribution in [3.63, 3.8) is 0 Å². The summed E-state index contributed by atoms with van der Waals surface area (Å²) in [4.78, 5) is 29.3. The van der Waals surface area contributed by atoms with E-state index in [0.717, 1.165) is 24.0 Å². The number of amidine groups is 1. The van der Waals surface area contributed by atoms with Crippen LogP contribution in [-0.4, -0.2) is 45.2 Å². The van der Waals surface area contributed by atoms with E-state index in [1.807, 2.05) is 10.3 Å². The normalized spacial score (nSPS) is 15.9. The largest absolute Gasteiger partial charge is 0.506 e. The molecule has 8 heteroatoms. The van der Waals surface area contributed by atoms with Crippen molar-refractivity contribution in [3.8, 4) is 5.75 Å². The molecular weight excluding hydrogens is 318 g/mol. The van der Waals surface area contributed by atoms with Crippen molar-refractivity contribution in [3.05, 3.63) is 34.9 Å². The van der Waals surface area contributed by atoms with Crippen LogP contribution in [0.5, 0.6) is 5.75 Å². The average Bonchev–Trinajstić information content (AvgIpc) is 3.07. The van der Waals surface area contributed by atoms with Crippen LogP contribution in [-0.2, 0) is 16.0 Å². The Hall–Kier alpha value is -2.48. The molecule has 0 radical (unpaired) electrons. The molecule has 0 bridgehead atoms. The maximum Gasteiger partial charge on any atom is 0.307 e. The quantitative estimate of drug-likeness (QED) is 0.708. The first-order valence-corrected chi connectivity index (χ1v) is 7.92. The monoisotopic (exact) mass is 333 g/mol. The van der Waals surface area contributed by atoms with Gasteiger partial charge in [-0.1, -0.05) is 17.8 Å². The zero-order valence-electron chi connectivity index (χ0n) is 12.2. The summed E-state index contributed by atoms with van der Waals surface area (Å²) in [7, 11) is 0. The lowest BCUT2D eigenvalue weighted by Gasteiger charge is -2.16. The zero-order valence-corrected chi connectivity index (χ0v) is 13.0. The maximum absolute atomic E-state index is 12.2. The van der Waals surface area contributed by atoms with Crippen molar-refractivity contribution in [2.75, 3.05) is 18.4 Å². The average molecular weight is 333 g/mol. The minimum absolute atomic E-state index is 0.0920. The molecule has 0 aliphatic carbocycles. The van der Waals surface area contributed by atoms with Gasteiger partial charge < -0.3 is 20.4 Å². The van der Waals surface area contributed by atoms with Crippen LogP contribution in [0.15, 0.2) is 34.3 Å². The van der Waals surface area contributed by atoms with Crippen molar-refractivity contribution in [2.24, 2.45) is 4.99 Å². The van der Waals surface area contributed by atoms with Crippen LogP contribution in [0, 0.1) is 0 Å². The van der Waals surface area contributed by atoms with Crippen LogP contribution in [0.1, 0.15) is 12.0 Å². The van der Waals surface area contributed by atoms with Gasteiger partial charge in [0.15, 0.2) is 5.17 Å². The molecule has 0 fully saturated rings. The van der Waals surface area contributed by atoms with Crippen LogP contribution in [0.3, 0.4) is 0 Å². The van der Waals surface area contributed by atoms with Crippen molar-refractivity contribution in [1.29, 1.82) is 0 Å². The van der Waals surface area contributed by atoms with Gasteiger partial charge in [-0.3, -0.25) is 14.6 Å². The van der Waals surface area contributed by atoms with E-state index in [0.29, 0.717) is 5.56 Å². The van der Waals surface area contributed by atoms with Gasteiger partial charge in [0.1, 0.15) is 5.75 Å². The van der Waals surface area contributed by atoms with Gasteiger partial charge in [0, 0.05) is 12.2 Å². The first-order chi connectivity index (χ1) is 11.0. The summed E-state index contributed by atoms with van der Waals surface area (Å²) in [5.74, 6) is -1.33. The predicted molar refractivity (Wildman–Crippen MR) is 87.4 cm³/mol. The molecule has 2 heterocycles. The molecule has 0 spiro atoms. The molecule has 1 aromatic rings. The minimum atomic E-state index is -0.970. The number of phenolic OH excluding ortho intramolecular Hbond substituents is 1. The fourth-order valence-corrected chi connectivity index (χ4v) is 3.40. The molecule has 3 rings (SSSR count). The van der Waals surface area contributed by atoms with Gasteiger partial charge in [-0.15, -0.1) is 0 Å². The van der Waals surface area contributed by atoms with E-state index >= 15 is 0 Å². The number of carboxylic acids is 1. The number of carboxylic acid groups (broad SMARTS) is 1. The topological polar surface area (TPSA) is 102 Å². The molecule has 1 amide bonds. The second kappa shape index (κ2) is 6.33. The van der Waals surface area contributed by atoms with Crippen molar-refractivity contribution in [1.82, 2.24) is 4.90 Å². The number of benzene rings is 1. The summed E-state index contributed by atoms with van der Waals surface area (Å²) in [6, 6.07) is 4.37. The second-order valence-corrected chi connectivity index (χ2v) is 6.03. The lowest BCUT2D eigenvalue weighted by atomic mass is 10.1. The molecule has 0 aromatic heterocycles. The fraction of sp³-hybridized carbons (Fsp3) is 0.267. The highest BCUT2D eigenvalue weighted by Gasteiger charge is 2.27. The van der Waals surface area contributed by atoms with Gasteiger partial charge in [0.25, 0.3) is 0 Å². The molecule has 3 N–H and O–H groups in total. The molecule has 2 aliphatic rings. The Balaban J connectivity index is 1.66. The number of aromatic hydroxyl groups is 1. The summed E-state index contributed by atoms with van der Waals surface area (Å²) in [6.45, 7) is 1.51. The zero-order chi connectivity index (χ0) is 16.4. The summed E-state index contributed by atoms with van der Waals surface area (Å²) >= 11 is 1.50. The Kier molecular flexibility index (Phi) is 4.24. The number of carbonyl (C=O) groups is 2. The molecule has 2 aliphatic heterocycles. The van der Waals surface area contributed by atoms with E-state index in [1.54, 1.807) is 0 Å². The number of hydrogen-bond acceptors (Lipinski definition) is 6. The minimum Gasteiger partial charge on any atom is -0.506 e. The lowest BCUT2D eigenvalue weighted by molar-refractivity contribution is -0.136. The van der Waals surface area contributed by atoms with Gasteiger partial charge >= 0.3 is 5.97 Å². The van der Waals surface area contributed by atoms with Crippen LogP contribution in [0.25, 0.3) is 0 Å². The van der Waals surface area contributed by atoms with E-state index in [-0.39, 0.29) is 30.2 Å². The number of hydrogen-bond donors (Lipinski definition) is 3. The van der Waals surface area contributed by atoms with Crippen LogP contribution in [0.4, 0.5) is 5.69 Å². The van der Waals surface area contributed by atoms with Crippen molar-refractivity contribution < 1.29 is 19.8 Å². The van der Waals surface area contributed by atoms with Gasteiger partial charge in [-0.05, 0) is 23.1 Å². The molecule has 0 unspecified atom stereocenters. The number of aliphatic carboxylic acids is 1. The van der Waals surface area contributed by atoms with Crippen molar-refractivity contribution in [2.45, 2.75) is 12.8 Å². The first-order valence-electron chi connectivity index (χ1n) is 7.04. The van der Waals surface area contributed by atoms with Gasteiger partial charge in [-0.25, -0.2) is 0 Å². The van der Waals surface area contributed by atoms with E-state index in [1.165, 1.54) is 30.0 Å². The number of phenols is 1. The lowest BCUT2D eigenvalue weighted by Crippen LogP contribution is -2.24. The van der Waals surface area contributed by atoms with Gasteiger partial charge in [0.2, 0.25) is 5.91 Å². The van der Waals surface area contributed by atoms with Crippen LogP contribution in [0.2, 0.25) is 0 Å². The molecule has 7 nitrogen and oxygen atoms in total. The Labute approximate surface area is 136 Å². The number of anilines is 1. The summed E-state index contributed by atoms with van der Waals surface area (Å²) < 4.78 is 0. The number of amides is 1. The van der Waals surface area contributed by atoms with Gasteiger partial charge in [-0.2, -0.15) is 0 Å². The van der Waals surface area contributed by atoms with Crippen LogP contribution >= 0.6 is 11.8 Å². The number of thioether (sulfide) groups is 1. The van der Waals surface area contributed by atoms with E-state index in [4.69, 9.17) is 5.11 Å². The number of fused-ring (bicyclic) bond motifs is 1. The molecule has 0 saturated heterocycles. The van der Waals surface area contributed by atoms with E-state index < -0.39 is 5.97 Å². The number of rotatable bonds is 5. The smallest absolute Gasteiger partial charge is 0.307 e.